The first-order chi connectivity index (χ1) is 9.95. The Hall–Kier alpha value is -1.50. The maximum atomic E-state index is 11.9. The summed E-state index contributed by atoms with van der Waals surface area (Å²) in [5, 5.41) is 5.68. The molecular weight excluding hydrogens is 317 g/mol. The molecule has 8 heteroatoms. The molecule has 0 aromatic heterocycles. The molecule has 0 aliphatic heterocycles. The molecule has 2 amide bonds. The molecule has 4 N–H and O–H groups in total. The molecule has 0 saturated carbocycles. The minimum Gasteiger partial charge on any atom is -0.397 e. The Morgan fingerprint density at radius 3 is 2.57 bits per heavy atom. The second-order valence-corrected chi connectivity index (χ2v) is 5.00. The summed E-state index contributed by atoms with van der Waals surface area (Å²) in [4.78, 5) is 23.3. The quantitative estimate of drug-likeness (QED) is 0.520. The van der Waals surface area contributed by atoms with Gasteiger partial charge in [0.15, 0.2) is 0 Å². The molecule has 1 aromatic carbocycles. The summed E-state index contributed by atoms with van der Waals surface area (Å²) in [6.07, 6.45) is 0.173. The third kappa shape index (κ3) is 5.79. The van der Waals surface area contributed by atoms with Gasteiger partial charge in [-0.25, -0.2) is 0 Å². The van der Waals surface area contributed by atoms with E-state index in [9.17, 15) is 9.59 Å². The van der Waals surface area contributed by atoms with Crippen LogP contribution in [0.15, 0.2) is 12.1 Å². The van der Waals surface area contributed by atoms with Crippen molar-refractivity contribution in [2.45, 2.75) is 6.42 Å². The SMILES string of the molecule is COCCNC(=O)CCNC(=O)c1cc(N)c(Cl)c(Cl)c1. The normalized spacial score (nSPS) is 10.2. The summed E-state index contributed by atoms with van der Waals surface area (Å²) in [6.45, 7) is 1.09. The highest BCUT2D eigenvalue weighted by Gasteiger charge is 2.11. The van der Waals surface area contributed by atoms with Gasteiger partial charge in [-0.05, 0) is 12.1 Å². The topological polar surface area (TPSA) is 93.5 Å². The monoisotopic (exact) mass is 333 g/mol. The van der Waals surface area contributed by atoms with Crippen LogP contribution in [0.5, 0.6) is 0 Å². The number of methoxy groups -OCH3 is 1. The number of carbonyl (C=O) groups is 2. The Bertz CT molecular complexity index is 500. The molecule has 0 radical (unpaired) electrons. The van der Waals surface area contributed by atoms with E-state index >= 15 is 0 Å². The van der Waals surface area contributed by atoms with Gasteiger partial charge in [-0.1, -0.05) is 23.2 Å². The zero-order valence-electron chi connectivity index (χ0n) is 11.5. The fourth-order valence-corrected chi connectivity index (χ4v) is 1.85. The number of nitrogen functional groups attached to an aromatic ring is 1. The smallest absolute Gasteiger partial charge is 0.251 e. The molecule has 1 aromatic rings. The summed E-state index contributed by atoms with van der Waals surface area (Å²) >= 11 is 11.7. The summed E-state index contributed by atoms with van der Waals surface area (Å²) < 4.78 is 4.81. The van der Waals surface area contributed by atoms with Crippen LogP contribution >= 0.6 is 23.2 Å². The Morgan fingerprint density at radius 1 is 1.24 bits per heavy atom. The van der Waals surface area contributed by atoms with E-state index in [1.54, 1.807) is 7.11 Å². The Morgan fingerprint density at radius 2 is 1.95 bits per heavy atom. The van der Waals surface area contributed by atoms with Crippen LogP contribution in [-0.2, 0) is 9.53 Å². The number of benzene rings is 1. The first kappa shape index (κ1) is 17.6. The van der Waals surface area contributed by atoms with Gasteiger partial charge in [-0.3, -0.25) is 9.59 Å². The fourth-order valence-electron chi connectivity index (χ4n) is 1.51. The van der Waals surface area contributed by atoms with Gasteiger partial charge in [-0.2, -0.15) is 0 Å². The number of nitrogens with two attached hydrogens (primary N) is 1. The molecule has 0 bridgehead atoms. The zero-order chi connectivity index (χ0) is 15.8. The molecule has 0 spiro atoms. The molecule has 0 fully saturated rings. The lowest BCUT2D eigenvalue weighted by Gasteiger charge is -2.08. The van der Waals surface area contributed by atoms with E-state index in [0.29, 0.717) is 18.7 Å². The molecule has 0 aliphatic carbocycles. The summed E-state index contributed by atoms with van der Waals surface area (Å²) in [5.41, 5.74) is 6.15. The summed E-state index contributed by atoms with van der Waals surface area (Å²) in [6, 6.07) is 2.86. The number of hydrogen-bond donors (Lipinski definition) is 3. The van der Waals surface area contributed by atoms with Gasteiger partial charge in [0.1, 0.15) is 0 Å². The number of nitrogens with one attached hydrogen (secondary N) is 2. The molecule has 1 rings (SSSR count). The highest BCUT2D eigenvalue weighted by Crippen LogP contribution is 2.29. The Balaban J connectivity index is 2.42. The predicted octanol–water partition coefficient (Wildman–Crippen LogP) is 1.46. The molecular formula is C13H17Cl2N3O3. The van der Waals surface area contributed by atoms with E-state index in [1.165, 1.54) is 12.1 Å². The average Bonchev–Trinajstić information content (AvgIpc) is 2.44. The second kappa shape index (κ2) is 8.71. The molecule has 0 saturated heterocycles. The lowest BCUT2D eigenvalue weighted by molar-refractivity contribution is -0.121. The maximum absolute atomic E-state index is 11.9. The van der Waals surface area contributed by atoms with Gasteiger partial charge in [0, 0.05) is 32.2 Å². The number of halogens is 2. The minimum atomic E-state index is -0.370. The van der Waals surface area contributed by atoms with Crippen LogP contribution in [0.1, 0.15) is 16.8 Å². The standard InChI is InChI=1S/C13H17Cl2N3O3/c1-21-5-4-17-11(19)2-3-18-13(20)8-6-9(14)12(15)10(16)7-8/h6-7H,2-5,16H2,1H3,(H,17,19)(H,18,20). The lowest BCUT2D eigenvalue weighted by Crippen LogP contribution is -2.32. The van der Waals surface area contributed by atoms with Gasteiger partial charge in [0.2, 0.25) is 5.91 Å². The van der Waals surface area contributed by atoms with Crippen molar-refractivity contribution in [3.8, 4) is 0 Å². The van der Waals surface area contributed by atoms with Gasteiger partial charge in [0.25, 0.3) is 5.91 Å². The number of amides is 2. The van der Waals surface area contributed by atoms with E-state index in [2.05, 4.69) is 10.6 Å². The van der Waals surface area contributed by atoms with E-state index in [-0.39, 0.29) is 40.5 Å². The molecule has 0 unspecified atom stereocenters. The first-order valence-electron chi connectivity index (χ1n) is 6.24. The summed E-state index contributed by atoms with van der Waals surface area (Å²) in [5.74, 6) is -0.536. The largest absolute Gasteiger partial charge is 0.397 e. The van der Waals surface area contributed by atoms with Gasteiger partial charge in [0.05, 0.1) is 22.3 Å². The zero-order valence-corrected chi connectivity index (χ0v) is 13.1. The van der Waals surface area contributed by atoms with E-state index < -0.39 is 0 Å². The van der Waals surface area contributed by atoms with Crippen LogP contribution in [0.3, 0.4) is 0 Å². The number of rotatable bonds is 7. The molecule has 21 heavy (non-hydrogen) atoms. The van der Waals surface area contributed by atoms with Gasteiger partial charge in [-0.15, -0.1) is 0 Å². The highest BCUT2D eigenvalue weighted by molar-refractivity contribution is 6.43. The van der Waals surface area contributed by atoms with Crippen molar-refractivity contribution >= 4 is 40.7 Å². The third-order valence-corrected chi connectivity index (χ3v) is 3.40. The first-order valence-corrected chi connectivity index (χ1v) is 6.99. The third-order valence-electron chi connectivity index (χ3n) is 2.58. The van der Waals surface area contributed by atoms with Gasteiger partial charge >= 0.3 is 0 Å². The van der Waals surface area contributed by atoms with E-state index in [0.717, 1.165) is 0 Å². The van der Waals surface area contributed by atoms with Crippen molar-refractivity contribution in [2.24, 2.45) is 0 Å². The predicted molar refractivity (Wildman–Crippen MR) is 82.7 cm³/mol. The molecule has 0 heterocycles. The number of ether oxygens (including phenoxy) is 1. The van der Waals surface area contributed by atoms with Crippen LogP contribution in [0, 0.1) is 0 Å². The van der Waals surface area contributed by atoms with Crippen molar-refractivity contribution < 1.29 is 14.3 Å². The number of hydrogen-bond acceptors (Lipinski definition) is 4. The van der Waals surface area contributed by atoms with Gasteiger partial charge < -0.3 is 21.1 Å². The van der Waals surface area contributed by atoms with Crippen LogP contribution in [0.2, 0.25) is 10.0 Å². The van der Waals surface area contributed by atoms with Crippen LogP contribution in [0.4, 0.5) is 5.69 Å². The second-order valence-electron chi connectivity index (χ2n) is 4.21. The molecule has 0 aliphatic rings. The van der Waals surface area contributed by atoms with Crippen molar-refractivity contribution in [1.29, 1.82) is 0 Å². The van der Waals surface area contributed by atoms with Crippen molar-refractivity contribution in [2.75, 3.05) is 32.5 Å². The average molecular weight is 334 g/mol. The molecule has 6 nitrogen and oxygen atoms in total. The van der Waals surface area contributed by atoms with Crippen LogP contribution in [-0.4, -0.2) is 38.6 Å². The van der Waals surface area contributed by atoms with Crippen LogP contribution in [0.25, 0.3) is 0 Å². The van der Waals surface area contributed by atoms with E-state index in [1.807, 2.05) is 0 Å². The molecule has 0 atom stereocenters. The van der Waals surface area contributed by atoms with Crippen molar-refractivity contribution in [1.82, 2.24) is 10.6 Å². The summed E-state index contributed by atoms with van der Waals surface area (Å²) in [7, 11) is 1.55. The fraction of sp³-hybridized carbons (Fsp3) is 0.385. The van der Waals surface area contributed by atoms with Crippen molar-refractivity contribution in [3.63, 3.8) is 0 Å². The highest BCUT2D eigenvalue weighted by atomic mass is 35.5. The van der Waals surface area contributed by atoms with Crippen LogP contribution < -0.4 is 16.4 Å². The minimum absolute atomic E-state index is 0.166. The Kier molecular flexibility index (Phi) is 7.28. The number of carbonyl (C=O) groups excluding carboxylic acids is 2. The molecule has 116 valence electrons. The van der Waals surface area contributed by atoms with E-state index in [4.69, 9.17) is 33.7 Å². The number of anilines is 1. The maximum Gasteiger partial charge on any atom is 0.251 e. The lowest BCUT2D eigenvalue weighted by atomic mass is 10.2. The van der Waals surface area contributed by atoms with Crippen molar-refractivity contribution in [3.05, 3.63) is 27.7 Å². The Labute approximate surface area is 132 Å².